The molecule has 0 bridgehead atoms. The number of likely N-dealkylation sites (tertiary alicyclic amines) is 1. The van der Waals surface area contributed by atoms with Crippen molar-refractivity contribution in [3.8, 4) is 5.75 Å². The molecule has 8 heteroatoms. The molecule has 1 fully saturated rings. The predicted molar refractivity (Wildman–Crippen MR) is 92.1 cm³/mol. The lowest BCUT2D eigenvalue weighted by molar-refractivity contribution is 0.0494. The maximum Gasteiger partial charge on any atom is 0.257 e. The van der Waals surface area contributed by atoms with Crippen LogP contribution in [0.3, 0.4) is 0 Å². The molecule has 0 N–H and O–H groups in total. The number of hydrogen-bond donors (Lipinski definition) is 0. The Bertz CT molecular complexity index is 733. The lowest BCUT2D eigenvalue weighted by Gasteiger charge is -2.17. The van der Waals surface area contributed by atoms with Gasteiger partial charge in [0, 0.05) is 26.1 Å². The molecule has 1 aromatic heterocycles. The lowest BCUT2D eigenvalue weighted by Crippen LogP contribution is -2.28. The van der Waals surface area contributed by atoms with Crippen molar-refractivity contribution >= 4 is 5.91 Å². The van der Waals surface area contributed by atoms with Gasteiger partial charge in [0.15, 0.2) is 5.82 Å². The van der Waals surface area contributed by atoms with E-state index >= 15 is 0 Å². The third kappa shape index (κ3) is 4.20. The Balaban J connectivity index is 1.58. The molecular formula is C18H23N3O5. The van der Waals surface area contributed by atoms with E-state index in [2.05, 4.69) is 10.1 Å². The average Bonchev–Trinajstić information content (AvgIpc) is 3.34. The highest BCUT2D eigenvalue weighted by molar-refractivity contribution is 5.97. The van der Waals surface area contributed by atoms with Gasteiger partial charge in [0.25, 0.3) is 11.8 Å². The molecule has 8 nitrogen and oxygen atoms in total. The number of carbonyl (C=O) groups is 1. The highest BCUT2D eigenvalue weighted by Gasteiger charge is 2.31. The largest absolute Gasteiger partial charge is 0.496 e. The second kappa shape index (κ2) is 8.77. The van der Waals surface area contributed by atoms with Gasteiger partial charge in [0.2, 0.25) is 0 Å². The summed E-state index contributed by atoms with van der Waals surface area (Å²) in [5, 5.41) is 4.04. The van der Waals surface area contributed by atoms with Gasteiger partial charge >= 0.3 is 0 Å². The average molecular weight is 361 g/mol. The second-order valence-electron chi connectivity index (χ2n) is 6.03. The SMILES string of the molecule is COCCOCc1nc(C2CCN(C(=O)c3ccccc3OC)C2)no1. The molecule has 1 atom stereocenters. The maximum atomic E-state index is 12.8. The number of amides is 1. The molecule has 1 unspecified atom stereocenters. The van der Waals surface area contributed by atoms with Crippen molar-refractivity contribution in [2.45, 2.75) is 18.9 Å². The van der Waals surface area contributed by atoms with Crippen molar-refractivity contribution < 1.29 is 23.5 Å². The maximum absolute atomic E-state index is 12.8. The molecule has 26 heavy (non-hydrogen) atoms. The summed E-state index contributed by atoms with van der Waals surface area (Å²) in [6.07, 6.45) is 0.796. The van der Waals surface area contributed by atoms with Crippen molar-refractivity contribution in [3.63, 3.8) is 0 Å². The van der Waals surface area contributed by atoms with Crippen LogP contribution in [0.2, 0.25) is 0 Å². The zero-order valence-corrected chi connectivity index (χ0v) is 15.0. The monoisotopic (exact) mass is 361 g/mol. The summed E-state index contributed by atoms with van der Waals surface area (Å²) in [7, 11) is 3.18. The molecule has 0 aliphatic carbocycles. The van der Waals surface area contributed by atoms with Crippen LogP contribution >= 0.6 is 0 Å². The first-order valence-corrected chi connectivity index (χ1v) is 8.54. The second-order valence-corrected chi connectivity index (χ2v) is 6.03. The molecule has 1 aliphatic rings. The summed E-state index contributed by atoms with van der Waals surface area (Å²) < 4.78 is 20.8. The minimum atomic E-state index is -0.0448. The van der Waals surface area contributed by atoms with Crippen LogP contribution in [0, 0.1) is 0 Å². The zero-order valence-electron chi connectivity index (χ0n) is 15.0. The molecule has 1 aliphatic heterocycles. The van der Waals surface area contributed by atoms with Crippen molar-refractivity contribution in [3.05, 3.63) is 41.5 Å². The fourth-order valence-electron chi connectivity index (χ4n) is 2.94. The molecule has 1 aromatic carbocycles. The van der Waals surface area contributed by atoms with E-state index in [9.17, 15) is 4.79 Å². The number of benzene rings is 1. The minimum absolute atomic E-state index is 0.0448. The normalized spacial score (nSPS) is 16.8. The molecule has 3 rings (SSSR count). The van der Waals surface area contributed by atoms with E-state index in [1.165, 1.54) is 0 Å². The summed E-state index contributed by atoms with van der Waals surface area (Å²) in [5.41, 5.74) is 0.566. The van der Waals surface area contributed by atoms with Crippen molar-refractivity contribution in [2.75, 3.05) is 40.5 Å². The van der Waals surface area contributed by atoms with Crippen LogP contribution in [0.25, 0.3) is 0 Å². The first-order valence-electron chi connectivity index (χ1n) is 8.54. The number of hydrogen-bond acceptors (Lipinski definition) is 7. The van der Waals surface area contributed by atoms with Gasteiger partial charge in [0.05, 0.1) is 25.9 Å². The van der Waals surface area contributed by atoms with E-state index in [1.807, 2.05) is 12.1 Å². The predicted octanol–water partition coefficient (Wildman–Crippen LogP) is 1.87. The summed E-state index contributed by atoms with van der Waals surface area (Å²) in [4.78, 5) is 18.9. The Morgan fingerprint density at radius 3 is 2.96 bits per heavy atom. The molecule has 1 saturated heterocycles. The highest BCUT2D eigenvalue weighted by atomic mass is 16.5. The van der Waals surface area contributed by atoms with Crippen LogP contribution in [-0.4, -0.2) is 61.5 Å². The van der Waals surface area contributed by atoms with Crippen molar-refractivity contribution in [1.29, 1.82) is 0 Å². The van der Waals surface area contributed by atoms with E-state index < -0.39 is 0 Å². The fourth-order valence-corrected chi connectivity index (χ4v) is 2.94. The molecule has 1 amide bonds. The van der Waals surface area contributed by atoms with E-state index in [1.54, 1.807) is 31.3 Å². The Kier molecular flexibility index (Phi) is 6.19. The Morgan fingerprint density at radius 1 is 1.31 bits per heavy atom. The Labute approximate surface area is 152 Å². The topological polar surface area (TPSA) is 86.9 Å². The van der Waals surface area contributed by atoms with Crippen molar-refractivity contribution in [1.82, 2.24) is 15.0 Å². The summed E-state index contributed by atoms with van der Waals surface area (Å²) >= 11 is 0. The fraction of sp³-hybridized carbons (Fsp3) is 0.500. The van der Waals surface area contributed by atoms with E-state index in [-0.39, 0.29) is 18.4 Å². The molecule has 140 valence electrons. The molecule has 0 spiro atoms. The van der Waals surface area contributed by atoms with Gasteiger partial charge in [0.1, 0.15) is 12.4 Å². The lowest BCUT2D eigenvalue weighted by atomic mass is 10.1. The standard InChI is InChI=1S/C18H23N3O5/c1-23-9-10-25-12-16-19-17(20-26-16)13-7-8-21(11-13)18(22)14-5-3-4-6-15(14)24-2/h3-6,13H,7-12H2,1-2H3. The van der Waals surface area contributed by atoms with Crippen LogP contribution in [0.1, 0.15) is 34.4 Å². The van der Waals surface area contributed by atoms with Crippen LogP contribution < -0.4 is 4.74 Å². The third-order valence-electron chi connectivity index (χ3n) is 4.32. The third-order valence-corrected chi connectivity index (χ3v) is 4.32. The molecule has 0 saturated carbocycles. The summed E-state index contributed by atoms with van der Waals surface area (Å²) in [6.45, 7) is 2.45. The first-order chi connectivity index (χ1) is 12.7. The van der Waals surface area contributed by atoms with Gasteiger partial charge in [-0.1, -0.05) is 17.3 Å². The molecule has 2 heterocycles. The summed E-state index contributed by atoms with van der Waals surface area (Å²) in [5.74, 6) is 1.65. The van der Waals surface area contributed by atoms with Crippen LogP contribution in [-0.2, 0) is 16.1 Å². The minimum Gasteiger partial charge on any atom is -0.496 e. The Morgan fingerprint density at radius 2 is 2.15 bits per heavy atom. The van der Waals surface area contributed by atoms with E-state index in [0.717, 1.165) is 6.42 Å². The van der Waals surface area contributed by atoms with E-state index in [0.29, 0.717) is 49.3 Å². The molecule has 2 aromatic rings. The highest BCUT2D eigenvalue weighted by Crippen LogP contribution is 2.28. The van der Waals surface area contributed by atoms with E-state index in [4.69, 9.17) is 18.7 Å². The quantitative estimate of drug-likeness (QED) is 0.663. The smallest absolute Gasteiger partial charge is 0.257 e. The molecule has 0 radical (unpaired) electrons. The number of rotatable bonds is 8. The Hall–Kier alpha value is -2.45. The van der Waals surface area contributed by atoms with Gasteiger partial charge in [-0.3, -0.25) is 4.79 Å². The van der Waals surface area contributed by atoms with Crippen LogP contribution in [0.4, 0.5) is 0 Å². The van der Waals surface area contributed by atoms with Gasteiger partial charge in [-0.05, 0) is 18.6 Å². The number of aromatic nitrogens is 2. The van der Waals surface area contributed by atoms with Crippen LogP contribution in [0.15, 0.2) is 28.8 Å². The van der Waals surface area contributed by atoms with Crippen LogP contribution in [0.5, 0.6) is 5.75 Å². The van der Waals surface area contributed by atoms with Gasteiger partial charge < -0.3 is 23.6 Å². The van der Waals surface area contributed by atoms with Gasteiger partial charge in [-0.15, -0.1) is 0 Å². The molecular weight excluding hydrogens is 338 g/mol. The van der Waals surface area contributed by atoms with Gasteiger partial charge in [-0.25, -0.2) is 0 Å². The first kappa shape index (κ1) is 18.3. The number of para-hydroxylation sites is 1. The zero-order chi connectivity index (χ0) is 18.4. The van der Waals surface area contributed by atoms with Crippen molar-refractivity contribution in [2.24, 2.45) is 0 Å². The summed E-state index contributed by atoms with van der Waals surface area (Å²) in [6, 6.07) is 7.24. The number of nitrogens with zero attached hydrogens (tertiary/aromatic N) is 3. The number of methoxy groups -OCH3 is 2. The van der Waals surface area contributed by atoms with Gasteiger partial charge in [-0.2, -0.15) is 4.98 Å². The number of ether oxygens (including phenoxy) is 3. The number of carbonyl (C=O) groups excluding carboxylic acids is 1.